The molecule has 32 heavy (non-hydrogen) atoms. The number of rotatable bonds is 3. The second-order valence-electron chi connectivity index (χ2n) is 9.44. The number of fused-ring (bicyclic) bond motifs is 3. The maximum absolute atomic E-state index is 13.4. The molecule has 4 nitrogen and oxygen atoms in total. The summed E-state index contributed by atoms with van der Waals surface area (Å²) in [5.74, 6) is -0.118. The Kier molecular flexibility index (Phi) is 4.37. The van der Waals surface area contributed by atoms with E-state index in [0.29, 0.717) is 0 Å². The number of benzene rings is 2. The minimum atomic E-state index is -0.531. The standard InChI is InChI=1S/C27H26FN3O/c1-27-15-17-16-30-31(20-10-8-19(28)9-11-20)25(17)14-18(27)4-2-6-23(27)26(32)22-5-3-7-24-21(22)12-13-29-24/h3,5,7-14,16,23,26,29,32H,2,4,6,15H2,1H3. The lowest BCUT2D eigenvalue weighted by Gasteiger charge is -2.47. The Balaban J connectivity index is 1.40. The van der Waals surface area contributed by atoms with Gasteiger partial charge >= 0.3 is 0 Å². The van der Waals surface area contributed by atoms with E-state index >= 15 is 0 Å². The molecule has 3 unspecified atom stereocenters. The van der Waals surface area contributed by atoms with Crippen molar-refractivity contribution in [1.82, 2.24) is 14.8 Å². The van der Waals surface area contributed by atoms with Crippen LogP contribution in [0.4, 0.5) is 4.39 Å². The maximum Gasteiger partial charge on any atom is 0.123 e. The van der Waals surface area contributed by atoms with Crippen molar-refractivity contribution in [2.24, 2.45) is 11.3 Å². The van der Waals surface area contributed by atoms with Crippen LogP contribution in [0.15, 0.2) is 66.5 Å². The molecule has 2 aliphatic carbocycles. The summed E-state index contributed by atoms with van der Waals surface area (Å²) < 4.78 is 15.3. The second kappa shape index (κ2) is 7.17. The molecule has 0 spiro atoms. The largest absolute Gasteiger partial charge is 0.388 e. The number of hydrogen-bond donors (Lipinski definition) is 2. The molecule has 2 aromatic carbocycles. The van der Waals surface area contributed by atoms with Crippen molar-refractivity contribution in [3.63, 3.8) is 0 Å². The number of nitrogens with zero attached hydrogens (tertiary/aromatic N) is 2. The number of aromatic nitrogens is 3. The van der Waals surface area contributed by atoms with Crippen LogP contribution in [-0.2, 0) is 6.42 Å². The highest BCUT2D eigenvalue weighted by atomic mass is 19.1. The second-order valence-corrected chi connectivity index (χ2v) is 9.44. The van der Waals surface area contributed by atoms with Crippen molar-refractivity contribution in [1.29, 1.82) is 0 Å². The maximum atomic E-state index is 13.4. The molecule has 2 aliphatic rings. The fraction of sp³-hybridized carbons (Fsp3) is 0.296. The van der Waals surface area contributed by atoms with E-state index in [-0.39, 0.29) is 17.2 Å². The molecule has 0 amide bonds. The normalized spacial score (nSPS) is 23.5. The quantitative estimate of drug-likeness (QED) is 0.423. The van der Waals surface area contributed by atoms with Crippen LogP contribution in [0.5, 0.6) is 0 Å². The average molecular weight is 428 g/mol. The van der Waals surface area contributed by atoms with Gasteiger partial charge in [0.05, 0.1) is 23.7 Å². The lowest BCUT2D eigenvalue weighted by atomic mass is 9.57. The third-order valence-corrected chi connectivity index (χ3v) is 7.67. The van der Waals surface area contributed by atoms with Crippen LogP contribution in [-0.4, -0.2) is 19.9 Å². The van der Waals surface area contributed by atoms with Gasteiger partial charge < -0.3 is 10.1 Å². The van der Waals surface area contributed by atoms with E-state index in [9.17, 15) is 9.50 Å². The molecule has 1 saturated carbocycles. The number of aliphatic hydroxyl groups is 1. The first-order chi connectivity index (χ1) is 15.5. The summed E-state index contributed by atoms with van der Waals surface area (Å²) in [6, 6.07) is 14.7. The molecule has 3 atom stereocenters. The zero-order valence-corrected chi connectivity index (χ0v) is 18.1. The fourth-order valence-corrected chi connectivity index (χ4v) is 5.96. The van der Waals surface area contributed by atoms with Crippen LogP contribution in [0.2, 0.25) is 0 Å². The van der Waals surface area contributed by atoms with Crippen molar-refractivity contribution in [3.05, 3.63) is 89.1 Å². The number of aliphatic hydroxyl groups excluding tert-OH is 1. The molecule has 1 fully saturated rings. The van der Waals surface area contributed by atoms with Gasteiger partial charge in [-0.15, -0.1) is 0 Å². The minimum Gasteiger partial charge on any atom is -0.388 e. The van der Waals surface area contributed by atoms with Crippen LogP contribution < -0.4 is 0 Å². The first-order valence-corrected chi connectivity index (χ1v) is 11.3. The van der Waals surface area contributed by atoms with Gasteiger partial charge in [0.2, 0.25) is 0 Å². The molecule has 4 aromatic rings. The highest BCUT2D eigenvalue weighted by Gasteiger charge is 2.46. The zero-order chi connectivity index (χ0) is 21.9. The van der Waals surface area contributed by atoms with E-state index in [1.807, 2.05) is 23.1 Å². The molecule has 0 radical (unpaired) electrons. The summed E-state index contributed by atoms with van der Waals surface area (Å²) in [4.78, 5) is 3.26. The van der Waals surface area contributed by atoms with Crippen molar-refractivity contribution in [2.45, 2.75) is 38.7 Å². The summed E-state index contributed by atoms with van der Waals surface area (Å²) in [6.07, 6.45) is 9.54. The SMILES string of the molecule is CC12Cc3cnn(-c4ccc(F)cc4)c3C=C1CCCC2C(O)c1cccc2[nH]ccc12. The smallest absolute Gasteiger partial charge is 0.123 e. The molecule has 0 bridgehead atoms. The average Bonchev–Trinajstić information content (AvgIpc) is 3.43. The van der Waals surface area contributed by atoms with Gasteiger partial charge in [-0.25, -0.2) is 9.07 Å². The predicted molar refractivity (Wildman–Crippen MR) is 124 cm³/mol. The Morgan fingerprint density at radius 1 is 1.19 bits per heavy atom. The number of halogens is 1. The number of aromatic amines is 1. The summed E-state index contributed by atoms with van der Waals surface area (Å²) in [7, 11) is 0. The van der Waals surface area contributed by atoms with Crippen molar-refractivity contribution in [2.75, 3.05) is 0 Å². The minimum absolute atomic E-state index is 0.125. The number of allylic oxidation sites excluding steroid dienone is 1. The topological polar surface area (TPSA) is 53.8 Å². The van der Waals surface area contributed by atoms with Gasteiger partial charge in [0.15, 0.2) is 0 Å². The van der Waals surface area contributed by atoms with Crippen LogP contribution in [0.25, 0.3) is 22.7 Å². The number of nitrogens with one attached hydrogen (secondary N) is 1. The van der Waals surface area contributed by atoms with Gasteiger partial charge in [0.1, 0.15) is 5.82 Å². The van der Waals surface area contributed by atoms with E-state index in [2.05, 4.69) is 41.3 Å². The van der Waals surface area contributed by atoms with Crippen molar-refractivity contribution in [3.8, 4) is 5.69 Å². The van der Waals surface area contributed by atoms with E-state index in [1.54, 1.807) is 12.1 Å². The highest BCUT2D eigenvalue weighted by Crippen LogP contribution is 2.55. The van der Waals surface area contributed by atoms with Gasteiger partial charge in [-0.3, -0.25) is 0 Å². The van der Waals surface area contributed by atoms with Crippen LogP contribution in [0.1, 0.15) is 49.1 Å². The van der Waals surface area contributed by atoms with Gasteiger partial charge in [0, 0.05) is 17.1 Å². The molecule has 2 aromatic heterocycles. The fourth-order valence-electron chi connectivity index (χ4n) is 5.96. The third kappa shape index (κ3) is 2.88. The summed E-state index contributed by atoms with van der Waals surface area (Å²) in [5.41, 5.74) is 6.44. The molecular formula is C27H26FN3O. The Morgan fingerprint density at radius 2 is 2.03 bits per heavy atom. The predicted octanol–water partition coefficient (Wildman–Crippen LogP) is 5.97. The number of H-pyrrole nitrogens is 1. The Bertz CT molecular complexity index is 1330. The lowest BCUT2D eigenvalue weighted by molar-refractivity contribution is 0.0226. The van der Waals surface area contributed by atoms with Crippen LogP contribution >= 0.6 is 0 Å². The van der Waals surface area contributed by atoms with E-state index in [0.717, 1.165) is 53.5 Å². The molecular weight excluding hydrogens is 401 g/mol. The molecule has 5 heteroatoms. The van der Waals surface area contributed by atoms with Gasteiger partial charge in [-0.2, -0.15) is 5.10 Å². The molecule has 2 N–H and O–H groups in total. The Hall–Kier alpha value is -3.18. The molecule has 162 valence electrons. The van der Waals surface area contributed by atoms with Crippen molar-refractivity contribution >= 4 is 17.0 Å². The molecule has 0 saturated heterocycles. The third-order valence-electron chi connectivity index (χ3n) is 7.67. The highest BCUT2D eigenvalue weighted by molar-refractivity contribution is 5.83. The monoisotopic (exact) mass is 427 g/mol. The van der Waals surface area contributed by atoms with E-state index in [4.69, 9.17) is 0 Å². The van der Waals surface area contributed by atoms with Crippen molar-refractivity contribution < 1.29 is 9.50 Å². The van der Waals surface area contributed by atoms with Gasteiger partial charge in [-0.1, -0.05) is 24.6 Å². The Morgan fingerprint density at radius 3 is 2.88 bits per heavy atom. The molecule has 6 rings (SSSR count). The first-order valence-electron chi connectivity index (χ1n) is 11.3. The Labute approximate surface area is 186 Å². The van der Waals surface area contributed by atoms with Gasteiger partial charge in [-0.05, 0) is 90.6 Å². The molecule has 2 heterocycles. The zero-order valence-electron chi connectivity index (χ0n) is 18.1. The molecule has 0 aliphatic heterocycles. The van der Waals surface area contributed by atoms with Crippen LogP contribution in [0.3, 0.4) is 0 Å². The summed E-state index contributed by atoms with van der Waals surface area (Å²) in [6.45, 7) is 2.31. The summed E-state index contributed by atoms with van der Waals surface area (Å²) >= 11 is 0. The van der Waals surface area contributed by atoms with E-state index < -0.39 is 6.10 Å². The first kappa shape index (κ1) is 19.5. The lowest BCUT2D eigenvalue weighted by Crippen LogP contribution is -2.40. The summed E-state index contributed by atoms with van der Waals surface area (Å²) in [5, 5.41) is 17.4. The van der Waals surface area contributed by atoms with Crippen LogP contribution in [0, 0.1) is 17.2 Å². The van der Waals surface area contributed by atoms with Gasteiger partial charge in [0.25, 0.3) is 0 Å². The number of hydrogen-bond acceptors (Lipinski definition) is 2. The van der Waals surface area contributed by atoms with E-state index in [1.165, 1.54) is 23.3 Å².